The lowest BCUT2D eigenvalue weighted by Gasteiger charge is -2.08. The summed E-state index contributed by atoms with van der Waals surface area (Å²) in [5, 5.41) is 1.25. The number of aryl methyl sites for hydroxylation is 1. The van der Waals surface area contributed by atoms with Crippen molar-refractivity contribution in [2.45, 2.75) is 33.1 Å². The van der Waals surface area contributed by atoms with Crippen LogP contribution in [0.2, 0.25) is 0 Å². The molecular formula is C13H16O. The lowest BCUT2D eigenvalue weighted by atomic mass is 9.97. The number of benzene rings is 1. The van der Waals surface area contributed by atoms with E-state index >= 15 is 0 Å². The second kappa shape index (κ2) is 3.49. The highest BCUT2D eigenvalue weighted by molar-refractivity contribution is 5.81. The van der Waals surface area contributed by atoms with E-state index in [1.54, 1.807) is 0 Å². The molecule has 0 fully saturated rings. The van der Waals surface area contributed by atoms with Crippen molar-refractivity contribution in [1.82, 2.24) is 0 Å². The number of hydrogen-bond acceptors (Lipinski definition) is 1. The molecule has 0 amide bonds. The maximum absolute atomic E-state index is 5.42. The summed E-state index contributed by atoms with van der Waals surface area (Å²) in [6, 6.07) is 6.49. The normalized spacial score (nSPS) is 13.4. The van der Waals surface area contributed by atoms with Crippen molar-refractivity contribution in [2.24, 2.45) is 0 Å². The zero-order valence-corrected chi connectivity index (χ0v) is 9.00. The Morgan fingerprint density at radius 3 is 2.86 bits per heavy atom. The van der Waals surface area contributed by atoms with E-state index in [0.717, 1.165) is 5.58 Å². The molecular weight excluding hydrogens is 172 g/mol. The summed E-state index contributed by atoms with van der Waals surface area (Å²) >= 11 is 0. The van der Waals surface area contributed by atoms with Crippen LogP contribution >= 0.6 is 0 Å². The van der Waals surface area contributed by atoms with Crippen molar-refractivity contribution in [1.29, 1.82) is 0 Å². The van der Waals surface area contributed by atoms with Gasteiger partial charge >= 0.3 is 0 Å². The van der Waals surface area contributed by atoms with E-state index in [4.69, 9.17) is 4.42 Å². The van der Waals surface area contributed by atoms with Gasteiger partial charge in [0.1, 0.15) is 5.58 Å². The predicted octanol–water partition coefficient (Wildman–Crippen LogP) is 4.25. The third-order valence-electron chi connectivity index (χ3n) is 2.97. The van der Waals surface area contributed by atoms with Gasteiger partial charge in [0.15, 0.2) is 0 Å². The van der Waals surface area contributed by atoms with Crippen LogP contribution in [-0.4, -0.2) is 0 Å². The molecule has 1 unspecified atom stereocenters. The Hall–Kier alpha value is -1.24. The standard InChI is InChI=1S/C13H16O/c1-4-9(2)11-5-6-13-12(7-11)10(3)8-14-13/h5-9H,4H2,1-3H3. The van der Waals surface area contributed by atoms with E-state index < -0.39 is 0 Å². The Balaban J connectivity index is 2.54. The third kappa shape index (κ3) is 1.43. The van der Waals surface area contributed by atoms with Gasteiger partial charge in [-0.2, -0.15) is 0 Å². The minimum absolute atomic E-state index is 0.633. The maximum atomic E-state index is 5.42. The number of furan rings is 1. The highest BCUT2D eigenvalue weighted by Crippen LogP contribution is 2.26. The second-order valence-corrected chi connectivity index (χ2v) is 3.98. The predicted molar refractivity (Wildman–Crippen MR) is 59.7 cm³/mol. The lowest BCUT2D eigenvalue weighted by molar-refractivity contribution is 0.612. The van der Waals surface area contributed by atoms with Crippen LogP contribution in [0.25, 0.3) is 11.0 Å². The van der Waals surface area contributed by atoms with E-state index in [-0.39, 0.29) is 0 Å². The van der Waals surface area contributed by atoms with Gasteiger partial charge in [0, 0.05) is 5.39 Å². The van der Waals surface area contributed by atoms with Crippen LogP contribution < -0.4 is 0 Å². The summed E-state index contributed by atoms with van der Waals surface area (Å²) < 4.78 is 5.42. The Bertz CT molecular complexity index is 439. The van der Waals surface area contributed by atoms with Crippen LogP contribution in [0.3, 0.4) is 0 Å². The van der Waals surface area contributed by atoms with Gasteiger partial charge < -0.3 is 4.42 Å². The molecule has 14 heavy (non-hydrogen) atoms. The zero-order valence-electron chi connectivity index (χ0n) is 9.00. The molecule has 2 aromatic rings. The molecule has 1 heterocycles. The molecule has 1 aromatic carbocycles. The first kappa shape index (κ1) is 9.32. The summed E-state index contributed by atoms with van der Waals surface area (Å²) in [7, 11) is 0. The molecule has 0 radical (unpaired) electrons. The number of fused-ring (bicyclic) bond motifs is 1. The van der Waals surface area contributed by atoms with Gasteiger partial charge in [-0.25, -0.2) is 0 Å². The van der Waals surface area contributed by atoms with E-state index in [2.05, 4.69) is 39.0 Å². The summed E-state index contributed by atoms with van der Waals surface area (Å²) in [5.41, 5.74) is 3.63. The van der Waals surface area contributed by atoms with Crippen LogP contribution in [-0.2, 0) is 0 Å². The van der Waals surface area contributed by atoms with Crippen molar-refractivity contribution in [3.05, 3.63) is 35.6 Å². The molecule has 2 rings (SSSR count). The van der Waals surface area contributed by atoms with Crippen molar-refractivity contribution in [2.75, 3.05) is 0 Å². The largest absolute Gasteiger partial charge is 0.464 e. The molecule has 1 atom stereocenters. The minimum atomic E-state index is 0.633. The van der Waals surface area contributed by atoms with Gasteiger partial charge in [0.25, 0.3) is 0 Å². The summed E-state index contributed by atoms with van der Waals surface area (Å²) in [4.78, 5) is 0. The van der Waals surface area contributed by atoms with Crippen LogP contribution in [0.5, 0.6) is 0 Å². The zero-order chi connectivity index (χ0) is 10.1. The maximum Gasteiger partial charge on any atom is 0.134 e. The van der Waals surface area contributed by atoms with E-state index in [1.165, 1.54) is 22.9 Å². The molecule has 74 valence electrons. The van der Waals surface area contributed by atoms with Gasteiger partial charge in [-0.15, -0.1) is 0 Å². The van der Waals surface area contributed by atoms with Crippen molar-refractivity contribution in [3.8, 4) is 0 Å². The average Bonchev–Trinajstić information content (AvgIpc) is 2.59. The smallest absolute Gasteiger partial charge is 0.134 e. The molecule has 0 aliphatic carbocycles. The first-order valence-corrected chi connectivity index (χ1v) is 5.20. The van der Waals surface area contributed by atoms with Crippen LogP contribution in [0.1, 0.15) is 37.3 Å². The highest BCUT2D eigenvalue weighted by Gasteiger charge is 2.06. The summed E-state index contributed by atoms with van der Waals surface area (Å²) in [6.07, 6.45) is 3.01. The van der Waals surface area contributed by atoms with Crippen LogP contribution in [0.4, 0.5) is 0 Å². The fraction of sp³-hybridized carbons (Fsp3) is 0.385. The van der Waals surface area contributed by atoms with Crippen molar-refractivity contribution >= 4 is 11.0 Å². The Kier molecular flexibility index (Phi) is 2.32. The molecule has 0 bridgehead atoms. The van der Waals surface area contributed by atoms with Crippen molar-refractivity contribution < 1.29 is 4.42 Å². The third-order valence-corrected chi connectivity index (χ3v) is 2.97. The fourth-order valence-corrected chi connectivity index (χ4v) is 1.72. The van der Waals surface area contributed by atoms with E-state index in [1.807, 2.05) is 6.26 Å². The molecule has 0 aliphatic heterocycles. The quantitative estimate of drug-likeness (QED) is 0.686. The van der Waals surface area contributed by atoms with E-state index in [0.29, 0.717) is 5.92 Å². The lowest BCUT2D eigenvalue weighted by Crippen LogP contribution is -1.90. The fourth-order valence-electron chi connectivity index (χ4n) is 1.72. The molecule has 0 saturated carbocycles. The Labute approximate surface area is 84.7 Å². The van der Waals surface area contributed by atoms with Gasteiger partial charge in [-0.3, -0.25) is 0 Å². The van der Waals surface area contributed by atoms with Gasteiger partial charge in [-0.05, 0) is 42.5 Å². The molecule has 1 aromatic heterocycles. The van der Waals surface area contributed by atoms with E-state index in [9.17, 15) is 0 Å². The summed E-state index contributed by atoms with van der Waals surface area (Å²) in [5.74, 6) is 0.633. The average molecular weight is 188 g/mol. The monoisotopic (exact) mass is 188 g/mol. The first-order chi connectivity index (χ1) is 6.72. The summed E-state index contributed by atoms with van der Waals surface area (Å²) in [6.45, 7) is 6.57. The van der Waals surface area contributed by atoms with Crippen LogP contribution in [0, 0.1) is 6.92 Å². The molecule has 1 nitrogen and oxygen atoms in total. The molecule has 0 spiro atoms. The highest BCUT2D eigenvalue weighted by atomic mass is 16.3. The Morgan fingerprint density at radius 1 is 1.36 bits per heavy atom. The molecule has 0 N–H and O–H groups in total. The van der Waals surface area contributed by atoms with Gasteiger partial charge in [0.05, 0.1) is 6.26 Å². The van der Waals surface area contributed by atoms with Gasteiger partial charge in [0.2, 0.25) is 0 Å². The Morgan fingerprint density at radius 2 is 2.14 bits per heavy atom. The van der Waals surface area contributed by atoms with Crippen molar-refractivity contribution in [3.63, 3.8) is 0 Å². The minimum Gasteiger partial charge on any atom is -0.464 e. The number of hydrogen-bond donors (Lipinski definition) is 0. The molecule has 1 heteroatoms. The SMILES string of the molecule is CCC(C)c1ccc2occ(C)c2c1. The topological polar surface area (TPSA) is 13.1 Å². The number of rotatable bonds is 2. The van der Waals surface area contributed by atoms with Crippen LogP contribution in [0.15, 0.2) is 28.9 Å². The molecule has 0 aliphatic rings. The second-order valence-electron chi connectivity index (χ2n) is 3.98. The molecule has 0 saturated heterocycles. The van der Waals surface area contributed by atoms with Gasteiger partial charge in [-0.1, -0.05) is 19.9 Å². The first-order valence-electron chi connectivity index (χ1n) is 5.20.